The summed E-state index contributed by atoms with van der Waals surface area (Å²) in [5, 5.41) is 4.58. The summed E-state index contributed by atoms with van der Waals surface area (Å²) in [6.45, 7) is 3.12. The van der Waals surface area contributed by atoms with Crippen LogP contribution in [-0.2, 0) is 0 Å². The Labute approximate surface area is 128 Å². The largest absolute Gasteiger partial charge is 0.306 e. The van der Waals surface area contributed by atoms with Crippen LogP contribution in [0.4, 0.5) is 4.39 Å². The Kier molecular flexibility index (Phi) is 4.32. The van der Waals surface area contributed by atoms with E-state index in [0.717, 1.165) is 23.1 Å². The summed E-state index contributed by atoms with van der Waals surface area (Å²) in [6.07, 6.45) is 1.09. The number of hydrogen-bond acceptors (Lipinski definition) is 2. The molecule has 0 aliphatic heterocycles. The molecule has 108 valence electrons. The molecule has 1 unspecified atom stereocenters. The minimum atomic E-state index is -0.176. The zero-order valence-electron chi connectivity index (χ0n) is 12.0. The van der Waals surface area contributed by atoms with Gasteiger partial charge in [0.05, 0.1) is 6.04 Å². The van der Waals surface area contributed by atoms with Crippen LogP contribution in [0.2, 0.25) is 0 Å². The predicted molar refractivity (Wildman–Crippen MR) is 88.4 cm³/mol. The zero-order chi connectivity index (χ0) is 14.7. The molecular formula is C18H18FNS. The molecule has 0 radical (unpaired) electrons. The molecule has 1 heterocycles. The van der Waals surface area contributed by atoms with Gasteiger partial charge in [-0.1, -0.05) is 37.3 Å². The summed E-state index contributed by atoms with van der Waals surface area (Å²) in [7, 11) is 0. The quantitative estimate of drug-likeness (QED) is 0.688. The molecule has 0 saturated carbocycles. The van der Waals surface area contributed by atoms with Crippen molar-refractivity contribution in [2.75, 3.05) is 6.54 Å². The van der Waals surface area contributed by atoms with Crippen molar-refractivity contribution in [3.8, 4) is 0 Å². The molecule has 0 aliphatic rings. The number of nitrogens with one attached hydrogen (secondary N) is 1. The van der Waals surface area contributed by atoms with Crippen LogP contribution in [0.3, 0.4) is 0 Å². The van der Waals surface area contributed by atoms with Crippen molar-refractivity contribution in [2.24, 2.45) is 0 Å². The summed E-state index contributed by atoms with van der Waals surface area (Å²) in [6, 6.07) is 17.7. The van der Waals surface area contributed by atoms with Gasteiger partial charge in [-0.25, -0.2) is 4.39 Å². The summed E-state index contributed by atoms with van der Waals surface area (Å²) in [5.41, 5.74) is 1.25. The summed E-state index contributed by atoms with van der Waals surface area (Å²) >= 11 is 1.73. The molecule has 1 atom stereocenters. The van der Waals surface area contributed by atoms with Crippen LogP contribution in [0.15, 0.2) is 54.6 Å². The molecule has 3 aromatic rings. The van der Waals surface area contributed by atoms with Crippen LogP contribution in [0.25, 0.3) is 10.1 Å². The lowest BCUT2D eigenvalue weighted by molar-refractivity contribution is 0.606. The van der Waals surface area contributed by atoms with Crippen molar-refractivity contribution in [1.82, 2.24) is 5.32 Å². The third-order valence-electron chi connectivity index (χ3n) is 3.51. The van der Waals surface area contributed by atoms with E-state index in [1.807, 2.05) is 12.1 Å². The minimum absolute atomic E-state index is 0.173. The summed E-state index contributed by atoms with van der Waals surface area (Å²) < 4.78 is 14.5. The Bertz CT molecular complexity index is 720. The lowest BCUT2D eigenvalue weighted by Crippen LogP contribution is -2.22. The molecule has 0 bridgehead atoms. The van der Waals surface area contributed by atoms with E-state index < -0.39 is 0 Å². The third kappa shape index (κ3) is 3.14. The van der Waals surface area contributed by atoms with Crippen LogP contribution in [0, 0.1) is 5.82 Å². The maximum Gasteiger partial charge on any atom is 0.123 e. The molecule has 2 aromatic carbocycles. The number of fused-ring (bicyclic) bond motifs is 1. The number of benzene rings is 2. The van der Waals surface area contributed by atoms with Crippen molar-refractivity contribution in [1.29, 1.82) is 0 Å². The lowest BCUT2D eigenvalue weighted by Gasteiger charge is -2.17. The zero-order valence-corrected chi connectivity index (χ0v) is 12.8. The highest BCUT2D eigenvalue weighted by atomic mass is 32.1. The molecule has 0 fully saturated rings. The van der Waals surface area contributed by atoms with Gasteiger partial charge >= 0.3 is 0 Å². The van der Waals surface area contributed by atoms with Crippen LogP contribution < -0.4 is 5.32 Å². The Balaban J connectivity index is 2.01. The van der Waals surface area contributed by atoms with Crippen molar-refractivity contribution in [3.63, 3.8) is 0 Å². The second kappa shape index (κ2) is 6.37. The first kappa shape index (κ1) is 14.2. The maximum atomic E-state index is 13.4. The second-order valence-electron chi connectivity index (χ2n) is 5.13. The van der Waals surface area contributed by atoms with E-state index >= 15 is 0 Å². The molecule has 0 amide bonds. The predicted octanol–water partition coefficient (Wildman–Crippen LogP) is 5.13. The number of rotatable bonds is 5. The Morgan fingerprint density at radius 3 is 2.67 bits per heavy atom. The van der Waals surface area contributed by atoms with Crippen molar-refractivity contribution < 1.29 is 4.39 Å². The average Bonchev–Trinajstić information content (AvgIpc) is 2.91. The normalized spacial score (nSPS) is 12.7. The van der Waals surface area contributed by atoms with Gasteiger partial charge in [0.1, 0.15) is 5.82 Å². The lowest BCUT2D eigenvalue weighted by atomic mass is 10.0. The SMILES string of the molecule is CCCNC(c1ccccc1)c1cc2cc(F)ccc2s1. The fourth-order valence-corrected chi connectivity index (χ4v) is 3.64. The Hall–Kier alpha value is -1.71. The second-order valence-corrected chi connectivity index (χ2v) is 6.24. The molecule has 1 nitrogen and oxygen atoms in total. The average molecular weight is 299 g/mol. The van der Waals surface area contributed by atoms with Gasteiger partial charge in [-0.3, -0.25) is 0 Å². The molecule has 0 aliphatic carbocycles. The molecular weight excluding hydrogens is 281 g/mol. The Morgan fingerprint density at radius 1 is 1.10 bits per heavy atom. The van der Waals surface area contributed by atoms with Crippen LogP contribution in [0.5, 0.6) is 0 Å². The van der Waals surface area contributed by atoms with E-state index in [1.165, 1.54) is 16.5 Å². The van der Waals surface area contributed by atoms with E-state index in [0.29, 0.717) is 0 Å². The first-order valence-corrected chi connectivity index (χ1v) is 8.07. The van der Waals surface area contributed by atoms with Crippen molar-refractivity contribution >= 4 is 21.4 Å². The first-order chi connectivity index (χ1) is 10.3. The number of hydrogen-bond donors (Lipinski definition) is 1. The van der Waals surface area contributed by atoms with Crippen LogP contribution in [0.1, 0.15) is 29.8 Å². The van der Waals surface area contributed by atoms with E-state index in [-0.39, 0.29) is 11.9 Å². The number of halogens is 1. The van der Waals surface area contributed by atoms with Gasteiger partial charge in [0.2, 0.25) is 0 Å². The van der Waals surface area contributed by atoms with E-state index in [9.17, 15) is 4.39 Å². The minimum Gasteiger partial charge on any atom is -0.306 e. The fourth-order valence-electron chi connectivity index (χ4n) is 2.49. The highest BCUT2D eigenvalue weighted by molar-refractivity contribution is 7.19. The Morgan fingerprint density at radius 2 is 1.90 bits per heavy atom. The van der Waals surface area contributed by atoms with Gasteiger partial charge in [0.25, 0.3) is 0 Å². The van der Waals surface area contributed by atoms with Crippen molar-refractivity contribution in [2.45, 2.75) is 19.4 Å². The summed E-state index contributed by atoms with van der Waals surface area (Å²) in [4.78, 5) is 1.23. The maximum absolute atomic E-state index is 13.4. The molecule has 3 heteroatoms. The topological polar surface area (TPSA) is 12.0 Å². The van der Waals surface area contributed by atoms with Gasteiger partial charge in [-0.05, 0) is 48.2 Å². The fraction of sp³-hybridized carbons (Fsp3) is 0.222. The number of thiophene rings is 1. The van der Waals surface area contributed by atoms with E-state index in [2.05, 4.69) is 42.6 Å². The van der Waals surface area contributed by atoms with Gasteiger partial charge < -0.3 is 5.32 Å². The molecule has 21 heavy (non-hydrogen) atoms. The van der Waals surface area contributed by atoms with Crippen molar-refractivity contribution in [3.05, 3.63) is 70.9 Å². The van der Waals surface area contributed by atoms with E-state index in [4.69, 9.17) is 0 Å². The molecule has 3 rings (SSSR count). The summed E-state index contributed by atoms with van der Waals surface area (Å²) in [5.74, 6) is -0.176. The highest BCUT2D eigenvalue weighted by Crippen LogP contribution is 2.33. The molecule has 1 N–H and O–H groups in total. The smallest absolute Gasteiger partial charge is 0.123 e. The van der Waals surface area contributed by atoms with Gasteiger partial charge in [0, 0.05) is 9.58 Å². The van der Waals surface area contributed by atoms with Gasteiger partial charge in [-0.15, -0.1) is 11.3 Å². The van der Waals surface area contributed by atoms with Crippen LogP contribution in [-0.4, -0.2) is 6.54 Å². The third-order valence-corrected chi connectivity index (χ3v) is 4.69. The van der Waals surface area contributed by atoms with E-state index in [1.54, 1.807) is 17.4 Å². The highest BCUT2D eigenvalue weighted by Gasteiger charge is 2.16. The molecule has 1 aromatic heterocycles. The first-order valence-electron chi connectivity index (χ1n) is 7.25. The van der Waals surface area contributed by atoms with Crippen LogP contribution >= 0.6 is 11.3 Å². The standard InChI is InChI=1S/C18H18FNS/c1-2-10-20-18(13-6-4-3-5-7-13)17-12-14-11-15(19)8-9-16(14)21-17/h3-9,11-12,18,20H,2,10H2,1H3. The van der Waals surface area contributed by atoms with Gasteiger partial charge in [-0.2, -0.15) is 0 Å². The van der Waals surface area contributed by atoms with Gasteiger partial charge in [0.15, 0.2) is 0 Å². The molecule has 0 saturated heterocycles. The molecule has 0 spiro atoms. The monoisotopic (exact) mass is 299 g/mol.